The van der Waals surface area contributed by atoms with Crippen molar-refractivity contribution in [2.45, 2.75) is 24.3 Å². The molecule has 1 unspecified atom stereocenters. The van der Waals surface area contributed by atoms with Crippen LogP contribution in [0.3, 0.4) is 0 Å². The Kier molecular flexibility index (Phi) is 5.07. The van der Waals surface area contributed by atoms with Crippen molar-refractivity contribution in [3.8, 4) is 6.01 Å². The van der Waals surface area contributed by atoms with Crippen molar-refractivity contribution < 1.29 is 61.4 Å². The predicted octanol–water partition coefficient (Wildman–Crippen LogP) is 1.92. The van der Waals surface area contributed by atoms with E-state index >= 15 is 0 Å². The van der Waals surface area contributed by atoms with Gasteiger partial charge in [-0.15, -0.1) is 17.7 Å². The standard InChI is InChI=1S/C8H6F9N2O4S/c1-18-2-3-19(5(18)23-24(20,21)8(15,16)17)6(10,11)4(9)22-7(12,13)14/h2-4H,1H3/q+1. The van der Waals surface area contributed by atoms with Crippen LogP contribution in [0, 0.1) is 0 Å². The second-order valence-corrected chi connectivity index (χ2v) is 5.55. The van der Waals surface area contributed by atoms with Crippen LogP contribution in [0.5, 0.6) is 6.01 Å². The Morgan fingerprint density at radius 1 is 1.12 bits per heavy atom. The van der Waals surface area contributed by atoms with Gasteiger partial charge in [0.25, 0.3) is 0 Å². The molecule has 0 N–H and O–H groups in total. The molecule has 0 aliphatic rings. The van der Waals surface area contributed by atoms with Gasteiger partial charge in [-0.05, 0) is 0 Å². The molecule has 0 bridgehead atoms. The quantitative estimate of drug-likeness (QED) is 0.330. The zero-order chi connectivity index (χ0) is 19.1. The van der Waals surface area contributed by atoms with Gasteiger partial charge in [0.2, 0.25) is 0 Å². The molecule has 1 atom stereocenters. The summed E-state index contributed by atoms with van der Waals surface area (Å²) in [7, 11) is -5.73. The topological polar surface area (TPSA) is 61.4 Å². The molecule has 0 saturated heterocycles. The van der Waals surface area contributed by atoms with Crippen LogP contribution in [0.4, 0.5) is 39.5 Å². The smallest absolute Gasteiger partial charge is 0.302 e. The van der Waals surface area contributed by atoms with Gasteiger partial charge >= 0.3 is 40.4 Å². The third-order valence-electron chi connectivity index (χ3n) is 2.25. The lowest BCUT2D eigenvalue weighted by atomic mass is 10.5. The molecule has 1 heterocycles. The molecule has 0 amide bonds. The highest BCUT2D eigenvalue weighted by molar-refractivity contribution is 7.87. The number of aromatic nitrogens is 2. The lowest BCUT2D eigenvalue weighted by molar-refractivity contribution is -0.675. The number of alkyl halides is 9. The lowest BCUT2D eigenvalue weighted by Gasteiger charge is -2.19. The molecule has 6 nitrogen and oxygen atoms in total. The van der Waals surface area contributed by atoms with E-state index in [4.69, 9.17) is 0 Å². The van der Waals surface area contributed by atoms with Crippen molar-refractivity contribution in [1.82, 2.24) is 4.57 Å². The minimum absolute atomic E-state index is 0.0908. The van der Waals surface area contributed by atoms with Gasteiger partial charge in [0.1, 0.15) is 12.4 Å². The molecule has 0 aliphatic heterocycles. The van der Waals surface area contributed by atoms with Crippen molar-refractivity contribution >= 4 is 10.1 Å². The van der Waals surface area contributed by atoms with E-state index in [1.807, 2.05) is 0 Å². The van der Waals surface area contributed by atoms with E-state index in [0.29, 0.717) is 13.2 Å². The molecule has 1 rings (SSSR count). The summed E-state index contributed by atoms with van der Waals surface area (Å²) in [5, 5.41) is 0. The van der Waals surface area contributed by atoms with E-state index in [2.05, 4.69) is 8.92 Å². The first-order valence-electron chi connectivity index (χ1n) is 5.33. The number of rotatable bonds is 5. The molecule has 1 aromatic heterocycles. The fraction of sp³-hybridized carbons (Fsp3) is 0.625. The molecule has 16 heteroatoms. The summed E-state index contributed by atoms with van der Waals surface area (Å²) in [4.78, 5) is 0. The molecular formula is C8H6F9N2O4S+. The number of ether oxygens (including phenoxy) is 1. The van der Waals surface area contributed by atoms with E-state index < -0.39 is 45.0 Å². The van der Waals surface area contributed by atoms with Crippen molar-refractivity contribution in [2.24, 2.45) is 7.05 Å². The second kappa shape index (κ2) is 5.98. The fourth-order valence-corrected chi connectivity index (χ4v) is 1.72. The van der Waals surface area contributed by atoms with Crippen LogP contribution < -0.4 is 8.75 Å². The van der Waals surface area contributed by atoms with Gasteiger partial charge in [-0.3, -0.25) is 0 Å². The average molecular weight is 397 g/mol. The SMILES string of the molecule is C[n+]1ccn(C(F)(F)C(F)OC(F)(F)F)c1OS(=O)(=O)C(F)(F)F. The predicted molar refractivity (Wildman–Crippen MR) is 53.4 cm³/mol. The number of hydrogen-bond acceptors (Lipinski definition) is 4. The highest BCUT2D eigenvalue weighted by atomic mass is 32.2. The molecule has 24 heavy (non-hydrogen) atoms. The number of imidazole rings is 1. The van der Waals surface area contributed by atoms with Crippen LogP contribution in [0.2, 0.25) is 0 Å². The molecular weight excluding hydrogens is 391 g/mol. The van der Waals surface area contributed by atoms with Gasteiger partial charge < -0.3 is 4.18 Å². The number of nitrogens with zero attached hydrogens (tertiary/aromatic N) is 2. The van der Waals surface area contributed by atoms with Crippen molar-refractivity contribution in [3.63, 3.8) is 0 Å². The third kappa shape index (κ3) is 4.22. The summed E-state index contributed by atoms with van der Waals surface area (Å²) >= 11 is 0. The van der Waals surface area contributed by atoms with E-state index in [9.17, 15) is 47.9 Å². The summed E-state index contributed by atoms with van der Waals surface area (Å²) in [6, 6.07) is -7.07. The fourth-order valence-electron chi connectivity index (χ4n) is 1.23. The number of hydrogen-bond donors (Lipinski definition) is 0. The van der Waals surface area contributed by atoms with Crippen LogP contribution in [0.1, 0.15) is 0 Å². The van der Waals surface area contributed by atoms with E-state index in [0.717, 1.165) is 0 Å². The largest absolute Gasteiger partial charge is 0.534 e. The normalized spacial score (nSPS) is 15.4. The molecule has 140 valence electrons. The summed E-state index contributed by atoms with van der Waals surface area (Å²) < 4.78 is 139. The summed E-state index contributed by atoms with van der Waals surface area (Å²) in [6.45, 7) is 0. The molecule has 0 saturated carbocycles. The third-order valence-corrected chi connectivity index (χ3v) is 3.18. The zero-order valence-electron chi connectivity index (χ0n) is 11.1. The molecule has 1 aromatic rings. The van der Waals surface area contributed by atoms with Crippen molar-refractivity contribution in [2.75, 3.05) is 0 Å². The first-order valence-corrected chi connectivity index (χ1v) is 6.74. The van der Waals surface area contributed by atoms with Gasteiger partial charge in [-0.2, -0.15) is 34.9 Å². The average Bonchev–Trinajstić information content (AvgIpc) is 2.67. The monoisotopic (exact) mass is 397 g/mol. The first kappa shape index (κ1) is 20.3. The van der Waals surface area contributed by atoms with Crippen LogP contribution in [-0.4, -0.2) is 31.2 Å². The Bertz CT molecular complexity index is 693. The summed E-state index contributed by atoms with van der Waals surface area (Å²) in [6.07, 6.45) is -9.67. The van der Waals surface area contributed by atoms with Gasteiger partial charge in [-0.1, -0.05) is 0 Å². The Morgan fingerprint density at radius 2 is 1.62 bits per heavy atom. The number of aryl methyl sites for hydroxylation is 1. The molecule has 0 fully saturated rings. The van der Waals surface area contributed by atoms with E-state index in [1.165, 1.54) is 0 Å². The maximum atomic E-state index is 13.6. The Balaban J connectivity index is 3.29. The minimum Gasteiger partial charge on any atom is -0.302 e. The second-order valence-electron chi connectivity index (χ2n) is 4.01. The van der Waals surface area contributed by atoms with Crippen molar-refractivity contribution in [1.29, 1.82) is 0 Å². The first-order chi connectivity index (χ1) is 10.5. The van der Waals surface area contributed by atoms with Crippen LogP contribution in [0.15, 0.2) is 12.4 Å². The van der Waals surface area contributed by atoms with Gasteiger partial charge in [0, 0.05) is 0 Å². The summed E-state index contributed by atoms with van der Waals surface area (Å²) in [5.41, 5.74) is -6.03. The van der Waals surface area contributed by atoms with E-state index in [-0.39, 0.29) is 10.8 Å². The van der Waals surface area contributed by atoms with Gasteiger partial charge in [0.15, 0.2) is 0 Å². The Morgan fingerprint density at radius 3 is 2.04 bits per heavy atom. The van der Waals surface area contributed by atoms with Crippen molar-refractivity contribution in [3.05, 3.63) is 12.4 Å². The maximum absolute atomic E-state index is 13.6. The van der Waals surface area contributed by atoms with Crippen LogP contribution in [-0.2, 0) is 27.9 Å². The maximum Gasteiger partial charge on any atom is 0.534 e. The molecule has 0 radical (unpaired) electrons. The van der Waals surface area contributed by atoms with Gasteiger partial charge in [-0.25, -0.2) is 9.13 Å². The van der Waals surface area contributed by atoms with E-state index in [1.54, 1.807) is 0 Å². The lowest BCUT2D eigenvalue weighted by Crippen LogP contribution is -2.42. The van der Waals surface area contributed by atoms with Gasteiger partial charge in [0.05, 0.1) is 7.05 Å². The highest BCUT2D eigenvalue weighted by Gasteiger charge is 2.57. The Hall–Kier alpha value is -1.71. The zero-order valence-corrected chi connectivity index (χ0v) is 11.9. The molecule has 0 aliphatic carbocycles. The minimum atomic E-state index is -6.45. The summed E-state index contributed by atoms with van der Waals surface area (Å²) in [5.74, 6) is 0. The highest BCUT2D eigenvalue weighted by Crippen LogP contribution is 2.36. The van der Waals surface area contributed by atoms with Crippen LogP contribution in [0.25, 0.3) is 0 Å². The Labute approximate surface area is 127 Å². The number of halogens is 9. The van der Waals surface area contributed by atoms with Crippen LogP contribution >= 0.6 is 0 Å². The molecule has 0 spiro atoms. The molecule has 0 aromatic carbocycles.